The highest BCUT2D eigenvalue weighted by Crippen LogP contribution is 2.40. The van der Waals surface area contributed by atoms with Gasteiger partial charge in [0.25, 0.3) is 0 Å². The Morgan fingerprint density at radius 3 is 2.33 bits per heavy atom. The van der Waals surface area contributed by atoms with Gasteiger partial charge in [0.15, 0.2) is 0 Å². The normalized spacial score (nSPS) is 19.0. The molecule has 0 radical (unpaired) electrons. The molecular weight excluding hydrogens is 226 g/mol. The first-order chi connectivity index (χ1) is 8.83. The van der Waals surface area contributed by atoms with Crippen molar-refractivity contribution in [3.8, 4) is 0 Å². The molecule has 1 aliphatic carbocycles. The van der Waals surface area contributed by atoms with Gasteiger partial charge < -0.3 is 14.8 Å². The van der Waals surface area contributed by atoms with E-state index >= 15 is 0 Å². The number of nitrogens with one attached hydrogen (secondary N) is 1. The van der Waals surface area contributed by atoms with Gasteiger partial charge in [-0.2, -0.15) is 0 Å². The van der Waals surface area contributed by atoms with Crippen molar-refractivity contribution >= 4 is 0 Å². The summed E-state index contributed by atoms with van der Waals surface area (Å²) in [5.74, 6) is 0. The van der Waals surface area contributed by atoms with Crippen molar-refractivity contribution in [2.75, 3.05) is 40.5 Å². The highest BCUT2D eigenvalue weighted by Gasteiger charge is 2.30. The molecule has 0 heterocycles. The van der Waals surface area contributed by atoms with Crippen molar-refractivity contribution in [2.24, 2.45) is 5.41 Å². The third-order valence-corrected chi connectivity index (χ3v) is 4.20. The van der Waals surface area contributed by atoms with E-state index in [1.807, 2.05) is 0 Å². The van der Waals surface area contributed by atoms with Gasteiger partial charge in [0.1, 0.15) is 0 Å². The van der Waals surface area contributed by atoms with Crippen molar-refractivity contribution < 1.29 is 9.47 Å². The summed E-state index contributed by atoms with van der Waals surface area (Å²) in [5.41, 5.74) is 0.555. The van der Waals surface area contributed by atoms with Gasteiger partial charge in [-0.1, -0.05) is 25.7 Å². The molecule has 1 N–H and O–H groups in total. The van der Waals surface area contributed by atoms with E-state index in [9.17, 15) is 0 Å². The van der Waals surface area contributed by atoms with E-state index in [2.05, 4.69) is 5.32 Å². The second-order valence-electron chi connectivity index (χ2n) is 5.68. The lowest BCUT2D eigenvalue weighted by atomic mass is 9.71. The molecule has 1 fully saturated rings. The summed E-state index contributed by atoms with van der Waals surface area (Å²) in [5, 5.41) is 3.58. The van der Waals surface area contributed by atoms with E-state index in [1.165, 1.54) is 57.9 Å². The minimum absolute atomic E-state index is 0.555. The van der Waals surface area contributed by atoms with Crippen LogP contribution in [-0.4, -0.2) is 40.5 Å². The monoisotopic (exact) mass is 257 g/mol. The molecule has 0 atom stereocenters. The fourth-order valence-corrected chi connectivity index (χ4v) is 3.09. The van der Waals surface area contributed by atoms with Crippen LogP contribution in [0.3, 0.4) is 0 Å². The number of hydrogen-bond acceptors (Lipinski definition) is 3. The Kier molecular flexibility index (Phi) is 8.64. The lowest BCUT2D eigenvalue weighted by Crippen LogP contribution is -2.37. The maximum Gasteiger partial charge on any atom is 0.0587 e. The van der Waals surface area contributed by atoms with Crippen LogP contribution < -0.4 is 5.32 Å². The van der Waals surface area contributed by atoms with Gasteiger partial charge in [0.2, 0.25) is 0 Å². The lowest BCUT2D eigenvalue weighted by Gasteiger charge is -2.38. The molecule has 1 rings (SSSR count). The summed E-state index contributed by atoms with van der Waals surface area (Å²) < 4.78 is 10.2. The largest absolute Gasteiger partial charge is 0.385 e. The third kappa shape index (κ3) is 6.17. The first kappa shape index (κ1) is 15.9. The van der Waals surface area contributed by atoms with Crippen LogP contribution in [0.1, 0.15) is 51.4 Å². The van der Waals surface area contributed by atoms with Crippen LogP contribution in [0, 0.1) is 5.41 Å². The zero-order valence-corrected chi connectivity index (χ0v) is 12.3. The van der Waals surface area contributed by atoms with Crippen molar-refractivity contribution in [3.05, 3.63) is 0 Å². The molecule has 3 heteroatoms. The molecule has 0 aliphatic heterocycles. The molecule has 18 heavy (non-hydrogen) atoms. The lowest BCUT2D eigenvalue weighted by molar-refractivity contribution is 0.140. The molecule has 0 aromatic carbocycles. The molecule has 1 aliphatic rings. The van der Waals surface area contributed by atoms with Crippen molar-refractivity contribution in [3.63, 3.8) is 0 Å². The minimum Gasteiger partial charge on any atom is -0.385 e. The molecule has 1 saturated carbocycles. The zero-order valence-electron chi connectivity index (χ0n) is 12.3. The Balaban J connectivity index is 2.27. The van der Waals surface area contributed by atoms with Crippen LogP contribution in [0.4, 0.5) is 0 Å². The number of hydrogen-bond donors (Lipinski definition) is 1. The van der Waals surface area contributed by atoms with E-state index in [-0.39, 0.29) is 0 Å². The SMILES string of the molecule is COCCCCC1(CNCCOC)CCCCC1. The third-order valence-electron chi connectivity index (χ3n) is 4.20. The van der Waals surface area contributed by atoms with Crippen LogP contribution in [0.5, 0.6) is 0 Å². The molecule has 0 saturated heterocycles. The highest BCUT2D eigenvalue weighted by molar-refractivity contribution is 4.84. The fourth-order valence-electron chi connectivity index (χ4n) is 3.09. The number of unbranched alkanes of at least 4 members (excludes halogenated alkanes) is 1. The Labute approximate surface area is 113 Å². The second kappa shape index (κ2) is 9.76. The van der Waals surface area contributed by atoms with Crippen LogP contribution in [-0.2, 0) is 9.47 Å². The summed E-state index contributed by atoms with van der Waals surface area (Å²) in [6, 6.07) is 0. The van der Waals surface area contributed by atoms with E-state index in [0.717, 1.165) is 19.8 Å². The van der Waals surface area contributed by atoms with Crippen molar-refractivity contribution in [1.29, 1.82) is 0 Å². The van der Waals surface area contributed by atoms with Gasteiger partial charge >= 0.3 is 0 Å². The number of methoxy groups -OCH3 is 2. The summed E-state index contributed by atoms with van der Waals surface area (Å²) >= 11 is 0. The Bertz CT molecular complexity index is 177. The van der Waals surface area contributed by atoms with Crippen LogP contribution in [0.15, 0.2) is 0 Å². The maximum atomic E-state index is 5.15. The summed E-state index contributed by atoms with van der Waals surface area (Å²) in [6.45, 7) is 3.88. The van der Waals surface area contributed by atoms with Crippen LogP contribution in [0.2, 0.25) is 0 Å². The van der Waals surface area contributed by atoms with Crippen LogP contribution in [0.25, 0.3) is 0 Å². The Morgan fingerprint density at radius 1 is 0.944 bits per heavy atom. The quantitative estimate of drug-likeness (QED) is 0.610. The standard InChI is InChI=1S/C15H31NO2/c1-17-12-7-6-10-15(8-4-3-5-9-15)14-16-11-13-18-2/h16H,3-14H2,1-2H3. The molecule has 0 spiro atoms. The average Bonchev–Trinajstić information content (AvgIpc) is 2.41. The van der Waals surface area contributed by atoms with Gasteiger partial charge in [0, 0.05) is 33.9 Å². The zero-order chi connectivity index (χ0) is 13.1. The number of rotatable bonds is 10. The predicted octanol–water partition coefficient (Wildman–Crippen LogP) is 2.99. The van der Waals surface area contributed by atoms with Crippen LogP contribution >= 0.6 is 0 Å². The average molecular weight is 257 g/mol. The second-order valence-corrected chi connectivity index (χ2v) is 5.68. The summed E-state index contributed by atoms with van der Waals surface area (Å²) in [7, 11) is 3.56. The highest BCUT2D eigenvalue weighted by atomic mass is 16.5. The maximum absolute atomic E-state index is 5.15. The first-order valence-corrected chi connectivity index (χ1v) is 7.52. The van der Waals surface area contributed by atoms with E-state index < -0.39 is 0 Å². The number of ether oxygens (including phenoxy) is 2. The predicted molar refractivity (Wildman–Crippen MR) is 76.0 cm³/mol. The Hall–Kier alpha value is -0.120. The molecular formula is C15H31NO2. The fraction of sp³-hybridized carbons (Fsp3) is 1.00. The smallest absolute Gasteiger partial charge is 0.0587 e. The van der Waals surface area contributed by atoms with E-state index in [4.69, 9.17) is 9.47 Å². The van der Waals surface area contributed by atoms with E-state index in [1.54, 1.807) is 14.2 Å². The molecule has 0 unspecified atom stereocenters. The summed E-state index contributed by atoms with van der Waals surface area (Å²) in [6.07, 6.45) is 10.9. The van der Waals surface area contributed by atoms with Gasteiger partial charge in [-0.05, 0) is 31.1 Å². The van der Waals surface area contributed by atoms with Gasteiger partial charge in [-0.25, -0.2) is 0 Å². The molecule has 0 aromatic rings. The van der Waals surface area contributed by atoms with Crippen molar-refractivity contribution in [1.82, 2.24) is 5.32 Å². The minimum atomic E-state index is 0.555. The molecule has 108 valence electrons. The molecule has 0 aromatic heterocycles. The van der Waals surface area contributed by atoms with Gasteiger partial charge in [-0.3, -0.25) is 0 Å². The Morgan fingerprint density at radius 2 is 1.67 bits per heavy atom. The molecule has 3 nitrogen and oxygen atoms in total. The molecule has 0 bridgehead atoms. The van der Waals surface area contributed by atoms with E-state index in [0.29, 0.717) is 5.41 Å². The van der Waals surface area contributed by atoms with Crippen molar-refractivity contribution in [2.45, 2.75) is 51.4 Å². The summed E-state index contributed by atoms with van der Waals surface area (Å²) in [4.78, 5) is 0. The first-order valence-electron chi connectivity index (χ1n) is 7.52. The van der Waals surface area contributed by atoms with Gasteiger partial charge in [0.05, 0.1) is 6.61 Å². The van der Waals surface area contributed by atoms with Gasteiger partial charge in [-0.15, -0.1) is 0 Å². The topological polar surface area (TPSA) is 30.5 Å². The molecule has 0 amide bonds.